The number of amides is 1. The molecule has 26 heavy (non-hydrogen) atoms. The smallest absolute Gasteiger partial charge is 0.281 e. The van der Waals surface area contributed by atoms with E-state index in [1.54, 1.807) is 6.07 Å². The number of carbonyl (C=O) groups excluding carboxylic acids is 1. The molecule has 0 atom stereocenters. The molecule has 1 aliphatic heterocycles. The molecule has 2 rings (SSSR count). The quantitative estimate of drug-likeness (QED) is 0.770. The molecule has 1 heterocycles. The molecule has 0 radical (unpaired) electrons. The molecule has 0 unspecified atom stereocenters. The standard InChI is InChI=1S/C18H29N3O4S/c1-14-5-6-17(15(2)13-14)18(22)19-9-10-21(26(23,24)20(3)4)16-7-11-25-12-8-16/h5-6,13,16H,7-12H2,1-4H3,(H,19,22). The number of ether oxygens (including phenoxy) is 1. The predicted octanol–water partition coefficient (Wildman–Crippen LogP) is 1.32. The van der Waals surface area contributed by atoms with Crippen LogP contribution < -0.4 is 5.32 Å². The summed E-state index contributed by atoms with van der Waals surface area (Å²) >= 11 is 0. The molecule has 1 amide bonds. The Kier molecular flexibility index (Phi) is 7.16. The molecule has 1 fully saturated rings. The zero-order chi connectivity index (χ0) is 19.3. The highest BCUT2D eigenvalue weighted by Crippen LogP contribution is 2.19. The normalized spacial score (nSPS) is 16.2. The minimum Gasteiger partial charge on any atom is -0.381 e. The van der Waals surface area contributed by atoms with Crippen molar-refractivity contribution in [2.24, 2.45) is 0 Å². The van der Waals surface area contributed by atoms with E-state index in [2.05, 4.69) is 5.32 Å². The van der Waals surface area contributed by atoms with E-state index in [-0.39, 0.29) is 25.0 Å². The average Bonchev–Trinajstić information content (AvgIpc) is 2.59. The van der Waals surface area contributed by atoms with Gasteiger partial charge in [0, 0.05) is 52.0 Å². The lowest BCUT2D eigenvalue weighted by atomic mass is 10.1. The third-order valence-corrected chi connectivity index (χ3v) is 6.60. The van der Waals surface area contributed by atoms with E-state index in [9.17, 15) is 13.2 Å². The van der Waals surface area contributed by atoms with Gasteiger partial charge in [-0.1, -0.05) is 17.7 Å². The van der Waals surface area contributed by atoms with Crippen molar-refractivity contribution < 1.29 is 17.9 Å². The van der Waals surface area contributed by atoms with Crippen LogP contribution in [0.1, 0.15) is 34.3 Å². The van der Waals surface area contributed by atoms with Crippen molar-refractivity contribution in [1.29, 1.82) is 0 Å². The maximum atomic E-state index is 12.7. The van der Waals surface area contributed by atoms with Crippen LogP contribution in [0.5, 0.6) is 0 Å². The molecular formula is C18H29N3O4S. The SMILES string of the molecule is Cc1ccc(C(=O)NCCN(C2CCOCC2)S(=O)(=O)N(C)C)c(C)c1. The monoisotopic (exact) mass is 383 g/mol. The Balaban J connectivity index is 2.03. The van der Waals surface area contributed by atoms with Crippen LogP contribution in [0.3, 0.4) is 0 Å². The van der Waals surface area contributed by atoms with Crippen molar-refractivity contribution in [3.63, 3.8) is 0 Å². The van der Waals surface area contributed by atoms with Gasteiger partial charge in [0.15, 0.2) is 0 Å². The molecule has 0 saturated carbocycles. The molecule has 7 nitrogen and oxygen atoms in total. The first-order valence-corrected chi connectivity index (χ1v) is 10.3. The summed E-state index contributed by atoms with van der Waals surface area (Å²) in [6, 6.07) is 5.55. The fourth-order valence-electron chi connectivity index (χ4n) is 3.11. The summed E-state index contributed by atoms with van der Waals surface area (Å²) < 4.78 is 33.4. The van der Waals surface area contributed by atoms with E-state index in [1.807, 2.05) is 26.0 Å². The zero-order valence-electron chi connectivity index (χ0n) is 16.0. The number of rotatable bonds is 7. The summed E-state index contributed by atoms with van der Waals surface area (Å²) in [5, 5.41) is 2.85. The van der Waals surface area contributed by atoms with E-state index < -0.39 is 10.2 Å². The van der Waals surface area contributed by atoms with E-state index in [1.165, 1.54) is 22.7 Å². The summed E-state index contributed by atoms with van der Waals surface area (Å²) in [4.78, 5) is 12.4. The number of carbonyl (C=O) groups is 1. The molecule has 1 N–H and O–H groups in total. The molecule has 8 heteroatoms. The van der Waals surface area contributed by atoms with E-state index >= 15 is 0 Å². The van der Waals surface area contributed by atoms with E-state index in [0.717, 1.165) is 11.1 Å². The number of hydrogen-bond acceptors (Lipinski definition) is 4. The van der Waals surface area contributed by atoms with Gasteiger partial charge in [-0.3, -0.25) is 4.79 Å². The van der Waals surface area contributed by atoms with Crippen LogP contribution in [0.4, 0.5) is 0 Å². The molecule has 0 aliphatic carbocycles. The molecule has 1 aromatic rings. The second-order valence-electron chi connectivity index (χ2n) is 6.82. The molecular weight excluding hydrogens is 354 g/mol. The van der Waals surface area contributed by atoms with Gasteiger partial charge in [-0.15, -0.1) is 0 Å². The lowest BCUT2D eigenvalue weighted by Gasteiger charge is -2.34. The molecule has 1 aliphatic rings. The Morgan fingerprint density at radius 2 is 1.88 bits per heavy atom. The summed E-state index contributed by atoms with van der Waals surface area (Å²) in [5.41, 5.74) is 2.62. The Labute approximate surface area is 156 Å². The lowest BCUT2D eigenvalue weighted by molar-refractivity contribution is 0.0571. The highest BCUT2D eigenvalue weighted by Gasteiger charge is 2.32. The third-order valence-electron chi connectivity index (χ3n) is 4.60. The number of nitrogens with one attached hydrogen (secondary N) is 1. The number of hydrogen-bond donors (Lipinski definition) is 1. The molecule has 0 spiro atoms. The Morgan fingerprint density at radius 1 is 1.23 bits per heavy atom. The average molecular weight is 384 g/mol. The minimum absolute atomic E-state index is 0.103. The van der Waals surface area contributed by atoms with Crippen LogP contribution in [-0.2, 0) is 14.9 Å². The maximum Gasteiger partial charge on any atom is 0.281 e. The first kappa shape index (κ1) is 20.8. The van der Waals surface area contributed by atoms with Crippen molar-refractivity contribution in [3.8, 4) is 0 Å². The zero-order valence-corrected chi connectivity index (χ0v) is 16.8. The van der Waals surface area contributed by atoms with Crippen molar-refractivity contribution in [2.45, 2.75) is 32.7 Å². The number of nitrogens with zero attached hydrogens (tertiary/aromatic N) is 2. The first-order valence-electron chi connectivity index (χ1n) is 8.86. The Morgan fingerprint density at radius 3 is 2.46 bits per heavy atom. The fourth-order valence-corrected chi connectivity index (χ4v) is 4.44. The van der Waals surface area contributed by atoms with Crippen LogP contribution in [0.15, 0.2) is 18.2 Å². The van der Waals surface area contributed by atoms with Gasteiger partial charge >= 0.3 is 0 Å². The van der Waals surface area contributed by atoms with Gasteiger partial charge in [-0.25, -0.2) is 0 Å². The second kappa shape index (κ2) is 8.94. The van der Waals surface area contributed by atoms with Crippen LogP contribution in [0.2, 0.25) is 0 Å². The van der Waals surface area contributed by atoms with Crippen molar-refractivity contribution in [1.82, 2.24) is 13.9 Å². The van der Waals surface area contributed by atoms with Crippen LogP contribution in [0.25, 0.3) is 0 Å². The van der Waals surface area contributed by atoms with Gasteiger partial charge in [0.2, 0.25) is 0 Å². The molecule has 1 aromatic carbocycles. The third kappa shape index (κ3) is 5.03. The Bertz CT molecular complexity index is 728. The predicted molar refractivity (Wildman–Crippen MR) is 101 cm³/mol. The van der Waals surface area contributed by atoms with Crippen LogP contribution in [-0.4, -0.2) is 69.4 Å². The van der Waals surface area contributed by atoms with Crippen molar-refractivity contribution >= 4 is 16.1 Å². The highest BCUT2D eigenvalue weighted by molar-refractivity contribution is 7.86. The molecule has 146 valence electrons. The van der Waals surface area contributed by atoms with E-state index in [0.29, 0.717) is 31.6 Å². The summed E-state index contributed by atoms with van der Waals surface area (Å²) in [6.07, 6.45) is 1.33. The van der Waals surface area contributed by atoms with Gasteiger partial charge in [-0.2, -0.15) is 17.0 Å². The van der Waals surface area contributed by atoms with Gasteiger partial charge in [0.1, 0.15) is 0 Å². The van der Waals surface area contributed by atoms with Crippen LogP contribution >= 0.6 is 0 Å². The second-order valence-corrected chi connectivity index (χ2v) is 8.91. The fraction of sp³-hybridized carbons (Fsp3) is 0.611. The number of benzene rings is 1. The first-order chi connectivity index (χ1) is 12.2. The summed E-state index contributed by atoms with van der Waals surface area (Å²) in [7, 11) is -0.508. The van der Waals surface area contributed by atoms with Gasteiger partial charge in [0.05, 0.1) is 0 Å². The highest BCUT2D eigenvalue weighted by atomic mass is 32.2. The largest absolute Gasteiger partial charge is 0.381 e. The Hall–Kier alpha value is -1.48. The molecule has 0 bridgehead atoms. The van der Waals surface area contributed by atoms with Gasteiger partial charge in [-0.05, 0) is 38.3 Å². The number of aryl methyl sites for hydroxylation is 2. The van der Waals surface area contributed by atoms with Gasteiger partial charge in [0.25, 0.3) is 16.1 Å². The summed E-state index contributed by atoms with van der Waals surface area (Å²) in [6.45, 7) is 5.48. The van der Waals surface area contributed by atoms with Gasteiger partial charge < -0.3 is 10.1 Å². The lowest BCUT2D eigenvalue weighted by Crippen LogP contribution is -2.50. The minimum atomic E-state index is -3.56. The van der Waals surface area contributed by atoms with Crippen molar-refractivity contribution in [2.75, 3.05) is 40.4 Å². The van der Waals surface area contributed by atoms with Crippen molar-refractivity contribution in [3.05, 3.63) is 34.9 Å². The summed E-state index contributed by atoms with van der Waals surface area (Å²) in [5.74, 6) is -0.184. The van der Waals surface area contributed by atoms with E-state index in [4.69, 9.17) is 4.74 Å². The van der Waals surface area contributed by atoms with Crippen LogP contribution in [0, 0.1) is 13.8 Å². The molecule has 1 saturated heterocycles. The topological polar surface area (TPSA) is 79.0 Å². The molecule has 0 aromatic heterocycles. The maximum absolute atomic E-state index is 12.7.